The highest BCUT2D eigenvalue weighted by atomic mass is 32.1. The molecule has 0 aliphatic heterocycles. The van der Waals surface area contributed by atoms with E-state index in [-0.39, 0.29) is 0 Å². The van der Waals surface area contributed by atoms with E-state index < -0.39 is 5.82 Å². The Bertz CT molecular complexity index is 397. The molecule has 0 amide bonds. The summed E-state index contributed by atoms with van der Waals surface area (Å²) in [7, 11) is 0. The molecule has 0 bridgehead atoms. The molecule has 0 unspecified atom stereocenters. The van der Waals surface area contributed by atoms with Crippen LogP contribution in [0.4, 0.5) is 4.39 Å². The lowest BCUT2D eigenvalue weighted by Gasteiger charge is -2.03. The van der Waals surface area contributed by atoms with E-state index in [9.17, 15) is 4.39 Å². The van der Waals surface area contributed by atoms with Crippen LogP contribution in [-0.4, -0.2) is 0 Å². The van der Waals surface area contributed by atoms with Crippen molar-refractivity contribution >= 4 is 11.3 Å². The van der Waals surface area contributed by atoms with Gasteiger partial charge in [-0.1, -0.05) is 0 Å². The predicted molar refractivity (Wildman–Crippen MR) is 53.9 cm³/mol. The fourth-order valence-corrected chi connectivity index (χ4v) is 1.70. The molecule has 0 saturated heterocycles. The standard InChI is InChI=1S/C11H8FOS/c12-10-2-1-3-11(6-10)13-7-9-4-5-14-8-9/h1,3-6,8H,7H2. The number of rotatable bonds is 3. The summed E-state index contributed by atoms with van der Waals surface area (Å²) in [4.78, 5) is 0. The molecule has 3 heteroatoms. The van der Waals surface area contributed by atoms with E-state index in [4.69, 9.17) is 4.74 Å². The van der Waals surface area contributed by atoms with Gasteiger partial charge in [0.25, 0.3) is 0 Å². The summed E-state index contributed by atoms with van der Waals surface area (Å²) in [6.45, 7) is 0.479. The Kier molecular flexibility index (Phi) is 2.79. The molecule has 1 aromatic heterocycles. The Balaban J connectivity index is 1.98. The van der Waals surface area contributed by atoms with Crippen molar-refractivity contribution in [3.05, 3.63) is 52.5 Å². The zero-order valence-corrected chi connectivity index (χ0v) is 8.18. The molecule has 0 saturated carbocycles. The van der Waals surface area contributed by atoms with Crippen LogP contribution in [0.15, 0.2) is 35.0 Å². The van der Waals surface area contributed by atoms with Crippen molar-refractivity contribution in [1.82, 2.24) is 0 Å². The number of halogens is 1. The fraction of sp³-hybridized carbons (Fsp3) is 0.0909. The van der Waals surface area contributed by atoms with Crippen molar-refractivity contribution in [1.29, 1.82) is 0 Å². The van der Waals surface area contributed by atoms with Crippen LogP contribution < -0.4 is 4.74 Å². The summed E-state index contributed by atoms with van der Waals surface area (Å²) < 4.78 is 18.1. The molecule has 2 aromatic rings. The van der Waals surface area contributed by atoms with Gasteiger partial charge in [-0.2, -0.15) is 11.3 Å². The van der Waals surface area contributed by atoms with Crippen molar-refractivity contribution in [3.63, 3.8) is 0 Å². The Morgan fingerprint density at radius 3 is 3.07 bits per heavy atom. The van der Waals surface area contributed by atoms with Crippen LogP contribution >= 0.6 is 11.3 Å². The lowest BCUT2D eigenvalue weighted by atomic mass is 10.3. The molecular formula is C11H8FOS. The van der Waals surface area contributed by atoms with Gasteiger partial charge in [-0.3, -0.25) is 0 Å². The van der Waals surface area contributed by atoms with Crippen molar-refractivity contribution in [2.45, 2.75) is 6.61 Å². The quantitative estimate of drug-likeness (QED) is 0.750. The predicted octanol–water partition coefficient (Wildman–Crippen LogP) is 3.27. The molecule has 1 nitrogen and oxygen atoms in total. The van der Waals surface area contributed by atoms with E-state index >= 15 is 0 Å². The third-order valence-corrected chi connectivity index (χ3v) is 2.46. The smallest absolute Gasteiger partial charge is 0.134 e. The van der Waals surface area contributed by atoms with Gasteiger partial charge >= 0.3 is 0 Å². The second-order valence-corrected chi connectivity index (χ2v) is 3.57. The van der Waals surface area contributed by atoms with E-state index in [1.165, 1.54) is 12.1 Å². The molecule has 0 spiro atoms. The van der Waals surface area contributed by atoms with Crippen LogP contribution in [0.5, 0.6) is 5.75 Å². The van der Waals surface area contributed by atoms with Crippen LogP contribution in [0.1, 0.15) is 5.56 Å². The van der Waals surface area contributed by atoms with Gasteiger partial charge in [0.15, 0.2) is 0 Å². The van der Waals surface area contributed by atoms with Crippen LogP contribution in [0, 0.1) is 11.9 Å². The largest absolute Gasteiger partial charge is 0.489 e. The first kappa shape index (κ1) is 9.21. The van der Waals surface area contributed by atoms with Gasteiger partial charge in [0.2, 0.25) is 0 Å². The van der Waals surface area contributed by atoms with Crippen LogP contribution in [0.25, 0.3) is 0 Å². The van der Waals surface area contributed by atoms with Gasteiger partial charge in [-0.25, -0.2) is 4.39 Å². The van der Waals surface area contributed by atoms with E-state index in [1.807, 2.05) is 16.8 Å². The summed E-state index contributed by atoms with van der Waals surface area (Å²) in [5, 5.41) is 3.99. The Labute approximate surface area is 85.8 Å². The highest BCUT2D eigenvalue weighted by molar-refractivity contribution is 7.07. The monoisotopic (exact) mass is 207 g/mol. The van der Waals surface area contributed by atoms with Crippen LogP contribution in [-0.2, 0) is 6.61 Å². The van der Waals surface area contributed by atoms with Gasteiger partial charge in [0.1, 0.15) is 18.2 Å². The van der Waals surface area contributed by atoms with Gasteiger partial charge in [0, 0.05) is 12.1 Å². The molecule has 0 N–H and O–H groups in total. The Hall–Kier alpha value is -1.35. The Morgan fingerprint density at radius 1 is 1.43 bits per heavy atom. The fourth-order valence-electron chi connectivity index (χ4n) is 1.05. The zero-order chi connectivity index (χ0) is 9.80. The maximum absolute atomic E-state index is 12.7. The van der Waals surface area contributed by atoms with Crippen molar-refractivity contribution in [2.24, 2.45) is 0 Å². The highest BCUT2D eigenvalue weighted by Crippen LogP contribution is 2.14. The number of hydrogen-bond donors (Lipinski definition) is 0. The second-order valence-electron chi connectivity index (χ2n) is 2.79. The summed E-state index contributed by atoms with van der Waals surface area (Å²) in [6.07, 6.45) is 0. The van der Waals surface area contributed by atoms with Gasteiger partial charge in [-0.05, 0) is 34.5 Å². The van der Waals surface area contributed by atoms with Gasteiger partial charge in [0.05, 0.1) is 0 Å². The Morgan fingerprint density at radius 2 is 2.36 bits per heavy atom. The van der Waals surface area contributed by atoms with E-state index in [0.717, 1.165) is 5.56 Å². The summed E-state index contributed by atoms with van der Waals surface area (Å²) in [6, 6.07) is 8.93. The number of hydrogen-bond acceptors (Lipinski definition) is 2. The third kappa shape index (κ3) is 2.33. The van der Waals surface area contributed by atoms with E-state index in [1.54, 1.807) is 17.4 Å². The minimum Gasteiger partial charge on any atom is -0.489 e. The SMILES string of the molecule is Fc1[c]ccc(OCc2ccsc2)c1. The maximum atomic E-state index is 12.7. The molecule has 1 radical (unpaired) electrons. The lowest BCUT2D eigenvalue weighted by Crippen LogP contribution is -1.93. The van der Waals surface area contributed by atoms with Crippen molar-refractivity contribution in [2.75, 3.05) is 0 Å². The van der Waals surface area contributed by atoms with Crippen molar-refractivity contribution in [3.8, 4) is 5.75 Å². The van der Waals surface area contributed by atoms with E-state index in [0.29, 0.717) is 12.4 Å². The molecule has 71 valence electrons. The average Bonchev–Trinajstić information content (AvgIpc) is 2.67. The van der Waals surface area contributed by atoms with Crippen LogP contribution in [0.3, 0.4) is 0 Å². The lowest BCUT2D eigenvalue weighted by molar-refractivity contribution is 0.305. The molecule has 0 aliphatic rings. The molecule has 0 fully saturated rings. The van der Waals surface area contributed by atoms with Crippen molar-refractivity contribution < 1.29 is 9.13 Å². The summed E-state index contributed by atoms with van der Waals surface area (Å²) in [5.74, 6) is 0.139. The molecule has 0 aliphatic carbocycles. The van der Waals surface area contributed by atoms with Gasteiger partial charge in [-0.15, -0.1) is 0 Å². The first-order valence-corrected chi connectivity index (χ1v) is 5.10. The topological polar surface area (TPSA) is 9.23 Å². The first-order valence-electron chi connectivity index (χ1n) is 4.16. The number of benzene rings is 1. The minimum absolute atomic E-state index is 0.396. The first-order chi connectivity index (χ1) is 6.84. The number of ether oxygens (including phenoxy) is 1. The van der Waals surface area contributed by atoms with Gasteiger partial charge < -0.3 is 4.74 Å². The minimum atomic E-state index is -0.396. The average molecular weight is 207 g/mol. The number of thiophene rings is 1. The molecule has 0 atom stereocenters. The highest BCUT2D eigenvalue weighted by Gasteiger charge is 1.97. The maximum Gasteiger partial charge on any atom is 0.134 e. The normalized spacial score (nSPS) is 10.1. The van der Waals surface area contributed by atoms with Crippen LogP contribution in [0.2, 0.25) is 0 Å². The summed E-state index contributed by atoms with van der Waals surface area (Å²) in [5.41, 5.74) is 1.10. The molecule has 2 rings (SSSR count). The second kappa shape index (κ2) is 4.24. The molecule has 1 aromatic carbocycles. The molecular weight excluding hydrogens is 199 g/mol. The summed E-state index contributed by atoms with van der Waals surface area (Å²) >= 11 is 1.62. The molecule has 14 heavy (non-hydrogen) atoms. The third-order valence-electron chi connectivity index (χ3n) is 1.72. The molecule has 1 heterocycles. The zero-order valence-electron chi connectivity index (χ0n) is 7.37. The van der Waals surface area contributed by atoms with E-state index in [2.05, 4.69) is 6.07 Å².